The normalized spacial score (nSPS) is 23.3. The molecule has 3 atom stereocenters. The Morgan fingerprint density at radius 2 is 2.27 bits per heavy atom. The van der Waals surface area contributed by atoms with E-state index in [1.54, 1.807) is 11.1 Å². The van der Waals surface area contributed by atoms with Gasteiger partial charge >= 0.3 is 5.97 Å². The van der Waals surface area contributed by atoms with Gasteiger partial charge in [-0.05, 0) is 33.6 Å². The minimum atomic E-state index is -0.834. The number of carboxylic acids is 1. The Bertz CT molecular complexity index is 545. The van der Waals surface area contributed by atoms with Gasteiger partial charge < -0.3 is 14.7 Å². The molecule has 0 spiro atoms. The van der Waals surface area contributed by atoms with Crippen LogP contribution in [0.5, 0.6) is 0 Å². The van der Waals surface area contributed by atoms with Crippen molar-refractivity contribution in [2.24, 2.45) is 5.92 Å². The summed E-state index contributed by atoms with van der Waals surface area (Å²) in [5, 5.41) is 9.93. The predicted molar refractivity (Wildman–Crippen MR) is 83.0 cm³/mol. The number of amides is 1. The van der Waals surface area contributed by atoms with E-state index in [0.29, 0.717) is 24.3 Å². The third-order valence-electron chi connectivity index (χ3n) is 3.99. The Morgan fingerprint density at radius 1 is 1.55 bits per heavy atom. The molecule has 7 heteroatoms. The van der Waals surface area contributed by atoms with E-state index in [1.165, 1.54) is 11.3 Å². The Labute approximate surface area is 134 Å². The van der Waals surface area contributed by atoms with E-state index in [4.69, 9.17) is 9.84 Å². The smallest absolute Gasteiger partial charge is 0.308 e. The lowest BCUT2D eigenvalue weighted by atomic mass is 9.93. The number of rotatable bonds is 5. The highest BCUT2D eigenvalue weighted by Crippen LogP contribution is 2.28. The highest BCUT2D eigenvalue weighted by molar-refractivity contribution is 7.13. The number of carbonyl (C=O) groups excluding carboxylic acids is 1. The summed E-state index contributed by atoms with van der Waals surface area (Å²) in [5.74, 6) is -1.44. The molecular formula is C15H22N2O4S. The van der Waals surface area contributed by atoms with Crippen molar-refractivity contribution in [1.29, 1.82) is 0 Å². The van der Waals surface area contributed by atoms with Crippen LogP contribution in [0.25, 0.3) is 0 Å². The molecule has 1 N–H and O–H groups in total. The number of aliphatic carboxylic acids is 1. The fourth-order valence-corrected chi connectivity index (χ4v) is 3.50. The van der Waals surface area contributed by atoms with Gasteiger partial charge in [0.05, 0.1) is 12.1 Å². The van der Waals surface area contributed by atoms with Crippen LogP contribution in [0.2, 0.25) is 0 Å². The summed E-state index contributed by atoms with van der Waals surface area (Å²) in [4.78, 5) is 30.3. The molecule has 0 aromatic carbocycles. The molecule has 6 nitrogen and oxygen atoms in total. The van der Waals surface area contributed by atoms with E-state index in [0.717, 1.165) is 5.01 Å². The summed E-state index contributed by atoms with van der Waals surface area (Å²) >= 11 is 1.32. The number of thiazole rings is 1. The van der Waals surface area contributed by atoms with Gasteiger partial charge in [-0.1, -0.05) is 0 Å². The van der Waals surface area contributed by atoms with Crippen LogP contribution in [-0.4, -0.2) is 46.1 Å². The lowest BCUT2D eigenvalue weighted by molar-refractivity contribution is -0.143. The van der Waals surface area contributed by atoms with Crippen molar-refractivity contribution in [3.8, 4) is 0 Å². The minimum absolute atomic E-state index is 0.0537. The molecule has 1 aromatic heterocycles. The molecule has 1 saturated heterocycles. The second-order valence-electron chi connectivity index (χ2n) is 5.58. The van der Waals surface area contributed by atoms with Gasteiger partial charge in [0.25, 0.3) is 5.91 Å². The lowest BCUT2D eigenvalue weighted by Crippen LogP contribution is -2.47. The van der Waals surface area contributed by atoms with Crippen molar-refractivity contribution in [3.63, 3.8) is 0 Å². The third kappa shape index (κ3) is 3.64. The van der Waals surface area contributed by atoms with E-state index in [2.05, 4.69) is 4.98 Å². The number of carboxylic acid groups (broad SMARTS) is 1. The predicted octanol–water partition coefficient (Wildman–Crippen LogP) is 2.57. The monoisotopic (exact) mass is 326 g/mol. The first-order chi connectivity index (χ1) is 10.4. The van der Waals surface area contributed by atoms with Gasteiger partial charge in [-0.3, -0.25) is 9.59 Å². The van der Waals surface area contributed by atoms with Gasteiger partial charge in [-0.15, -0.1) is 11.3 Å². The Morgan fingerprint density at radius 3 is 2.91 bits per heavy atom. The average Bonchev–Trinajstić information content (AvgIpc) is 2.97. The minimum Gasteiger partial charge on any atom is -0.481 e. The standard InChI is InChI=1S/C15H22N2O4S/c1-4-21-10(3)13-16-7-12(22-13)14(18)17-8-11(15(19)20)6-5-9(17)2/h7,9-11H,4-6,8H2,1-3H3,(H,19,20). The molecular weight excluding hydrogens is 304 g/mol. The summed E-state index contributed by atoms with van der Waals surface area (Å²) in [6.45, 7) is 6.63. The molecule has 0 saturated carbocycles. The van der Waals surface area contributed by atoms with Crippen LogP contribution < -0.4 is 0 Å². The Hall–Kier alpha value is -1.47. The summed E-state index contributed by atoms with van der Waals surface area (Å²) in [6, 6.07) is 0.0537. The van der Waals surface area contributed by atoms with Crippen molar-refractivity contribution < 1.29 is 19.4 Å². The molecule has 0 bridgehead atoms. The zero-order valence-corrected chi connectivity index (χ0v) is 13.9. The van der Waals surface area contributed by atoms with Gasteiger partial charge in [0.2, 0.25) is 0 Å². The Kier molecular flexibility index (Phi) is 5.52. The molecule has 1 aromatic rings. The molecule has 2 heterocycles. The number of carbonyl (C=O) groups is 2. The highest BCUT2D eigenvalue weighted by Gasteiger charge is 2.33. The van der Waals surface area contributed by atoms with Crippen molar-refractivity contribution in [2.75, 3.05) is 13.2 Å². The first kappa shape index (κ1) is 16.9. The van der Waals surface area contributed by atoms with Crippen LogP contribution in [0.1, 0.15) is 54.4 Å². The maximum Gasteiger partial charge on any atom is 0.308 e. The third-order valence-corrected chi connectivity index (χ3v) is 5.14. The number of piperidine rings is 1. The zero-order valence-electron chi connectivity index (χ0n) is 13.1. The molecule has 2 rings (SSSR count). The van der Waals surface area contributed by atoms with E-state index >= 15 is 0 Å². The fraction of sp³-hybridized carbons (Fsp3) is 0.667. The molecule has 1 aliphatic rings. The van der Waals surface area contributed by atoms with Crippen LogP contribution in [0.15, 0.2) is 6.20 Å². The summed E-state index contributed by atoms with van der Waals surface area (Å²) in [6.07, 6.45) is 2.76. The number of nitrogens with zero attached hydrogens (tertiary/aromatic N) is 2. The number of hydrogen-bond acceptors (Lipinski definition) is 5. The number of ether oxygens (including phenoxy) is 1. The summed E-state index contributed by atoms with van der Waals surface area (Å²) < 4.78 is 5.48. The molecule has 0 aliphatic carbocycles. The van der Waals surface area contributed by atoms with Crippen LogP contribution in [0.3, 0.4) is 0 Å². The lowest BCUT2D eigenvalue weighted by Gasteiger charge is -2.36. The molecule has 22 heavy (non-hydrogen) atoms. The van der Waals surface area contributed by atoms with Crippen LogP contribution >= 0.6 is 11.3 Å². The van der Waals surface area contributed by atoms with Crippen molar-refractivity contribution >= 4 is 23.2 Å². The SMILES string of the molecule is CCOC(C)c1ncc(C(=O)N2CC(C(=O)O)CCC2C)s1. The molecule has 122 valence electrons. The van der Waals surface area contributed by atoms with Gasteiger partial charge in [0.15, 0.2) is 0 Å². The van der Waals surface area contributed by atoms with Crippen molar-refractivity contribution in [2.45, 2.75) is 45.8 Å². The Balaban J connectivity index is 2.11. The van der Waals surface area contributed by atoms with E-state index in [-0.39, 0.29) is 24.6 Å². The second kappa shape index (κ2) is 7.19. The highest BCUT2D eigenvalue weighted by atomic mass is 32.1. The van der Waals surface area contributed by atoms with Gasteiger partial charge in [-0.25, -0.2) is 4.98 Å². The molecule has 0 radical (unpaired) electrons. The number of hydrogen-bond donors (Lipinski definition) is 1. The second-order valence-corrected chi connectivity index (χ2v) is 6.64. The molecule has 3 unspecified atom stereocenters. The van der Waals surface area contributed by atoms with Gasteiger partial charge in [0.1, 0.15) is 16.0 Å². The first-order valence-electron chi connectivity index (χ1n) is 7.55. The maximum absolute atomic E-state index is 12.6. The fourth-order valence-electron chi connectivity index (χ4n) is 2.63. The molecule has 1 aliphatic heterocycles. The topological polar surface area (TPSA) is 79.7 Å². The quantitative estimate of drug-likeness (QED) is 0.899. The molecule has 1 amide bonds. The van der Waals surface area contributed by atoms with E-state index < -0.39 is 11.9 Å². The van der Waals surface area contributed by atoms with Crippen LogP contribution in [0, 0.1) is 5.92 Å². The van der Waals surface area contributed by atoms with Crippen LogP contribution in [-0.2, 0) is 9.53 Å². The summed E-state index contributed by atoms with van der Waals surface area (Å²) in [7, 11) is 0. The zero-order chi connectivity index (χ0) is 16.3. The number of likely N-dealkylation sites (tertiary alicyclic amines) is 1. The van der Waals surface area contributed by atoms with Crippen molar-refractivity contribution in [3.05, 3.63) is 16.1 Å². The van der Waals surface area contributed by atoms with Crippen LogP contribution in [0.4, 0.5) is 0 Å². The van der Waals surface area contributed by atoms with Crippen molar-refractivity contribution in [1.82, 2.24) is 9.88 Å². The van der Waals surface area contributed by atoms with E-state index in [9.17, 15) is 9.59 Å². The van der Waals surface area contributed by atoms with E-state index in [1.807, 2.05) is 20.8 Å². The largest absolute Gasteiger partial charge is 0.481 e. The maximum atomic E-state index is 12.6. The average molecular weight is 326 g/mol. The number of aromatic nitrogens is 1. The van der Waals surface area contributed by atoms with Gasteiger partial charge in [0, 0.05) is 19.2 Å². The van der Waals surface area contributed by atoms with Gasteiger partial charge in [-0.2, -0.15) is 0 Å². The molecule has 1 fully saturated rings. The first-order valence-corrected chi connectivity index (χ1v) is 8.36. The summed E-state index contributed by atoms with van der Waals surface area (Å²) in [5.41, 5.74) is 0.